The molecule has 0 amide bonds. The summed E-state index contributed by atoms with van der Waals surface area (Å²) in [7, 11) is -8.75. The maximum absolute atomic E-state index is 8.42. The zero-order chi connectivity index (χ0) is 10.7. The van der Waals surface area contributed by atoms with Crippen LogP contribution in [0.1, 0.15) is 0 Å². The van der Waals surface area contributed by atoms with Crippen molar-refractivity contribution in [3.05, 3.63) is 0 Å². The molecular weight excluding hydrogens is 517 g/mol. The Morgan fingerprint density at radius 3 is 0.467 bits per heavy atom. The minimum Gasteiger partial charge on any atom is -0.907 e. The molecule has 0 radical (unpaired) electrons. The van der Waals surface area contributed by atoms with Crippen LogP contribution in [-0.4, -0.2) is 39.3 Å². The smallest absolute Gasteiger partial charge is 0.907 e. The van der Waals surface area contributed by atoms with Crippen molar-refractivity contribution in [1.82, 2.24) is 0 Å². The van der Waals surface area contributed by atoms with Gasteiger partial charge in [-0.05, 0) is 0 Å². The molecule has 0 saturated carbocycles. The van der Waals surface area contributed by atoms with E-state index >= 15 is 0 Å². The minimum absolute atomic E-state index is 0. The molecule has 0 aromatic carbocycles. The second kappa shape index (κ2) is 30.1. The van der Waals surface area contributed by atoms with Crippen molar-refractivity contribution in [3.63, 3.8) is 0 Å². The van der Waals surface area contributed by atoms with Crippen LogP contribution in [0, 0.1) is 72.5 Å². The molecular formula is AlB3LaLuO9. The van der Waals surface area contributed by atoms with E-state index in [1.807, 2.05) is 0 Å². The van der Waals surface area contributed by atoms with Gasteiger partial charge < -0.3 is 45.2 Å². The van der Waals surface area contributed by atoms with E-state index in [-0.39, 0.29) is 89.8 Å². The molecule has 0 spiro atoms. The first kappa shape index (κ1) is 36.1. The summed E-state index contributed by atoms with van der Waals surface area (Å²) in [6.07, 6.45) is 0. The van der Waals surface area contributed by atoms with Gasteiger partial charge in [0.15, 0.2) is 0 Å². The van der Waals surface area contributed by atoms with Crippen molar-refractivity contribution in [2.45, 2.75) is 0 Å². The molecule has 0 atom stereocenters. The molecule has 0 heterocycles. The first-order chi connectivity index (χ1) is 5.20. The van der Waals surface area contributed by atoms with Gasteiger partial charge in [-0.25, -0.2) is 0 Å². The fourth-order valence-electron chi connectivity index (χ4n) is 0. The molecule has 0 bridgehead atoms. The van der Waals surface area contributed by atoms with Crippen LogP contribution in [0.2, 0.25) is 0 Å². The van der Waals surface area contributed by atoms with Gasteiger partial charge in [-0.15, -0.1) is 0 Å². The first-order valence-electron chi connectivity index (χ1n) is 2.12. The second-order valence-electron chi connectivity index (χ2n) is 0.866. The average Bonchev–Trinajstić information content (AvgIpc) is 1.54. The average molecular weight is 517 g/mol. The Hall–Kier alpha value is 2.80. The van der Waals surface area contributed by atoms with Crippen LogP contribution in [0.5, 0.6) is 0 Å². The molecule has 0 aromatic heterocycles. The van der Waals surface area contributed by atoms with Crippen molar-refractivity contribution >= 4 is 39.3 Å². The largest absolute Gasteiger partial charge is 3.00 e. The van der Waals surface area contributed by atoms with Crippen LogP contribution in [0.15, 0.2) is 0 Å². The second-order valence-corrected chi connectivity index (χ2v) is 0.866. The van der Waals surface area contributed by atoms with Crippen molar-refractivity contribution in [1.29, 1.82) is 0 Å². The molecule has 0 aliphatic rings. The summed E-state index contributed by atoms with van der Waals surface area (Å²) in [6.45, 7) is 0. The van der Waals surface area contributed by atoms with E-state index in [2.05, 4.69) is 0 Å². The third kappa shape index (κ3) is 470. The van der Waals surface area contributed by atoms with Gasteiger partial charge in [-0.2, -0.15) is 0 Å². The van der Waals surface area contributed by atoms with E-state index in [4.69, 9.17) is 45.2 Å². The molecule has 84 valence electrons. The van der Waals surface area contributed by atoms with Gasteiger partial charge in [-0.1, -0.05) is 0 Å². The molecule has 0 aliphatic carbocycles. The molecule has 15 heavy (non-hydrogen) atoms. The Morgan fingerprint density at radius 1 is 0.467 bits per heavy atom. The van der Waals surface area contributed by atoms with E-state index in [0.717, 1.165) is 0 Å². The minimum atomic E-state index is -2.92. The number of hydrogen-bond donors (Lipinski definition) is 0. The SMILES string of the molecule is [Al+3].[La+3].[Lu+3].[O-]B([O-])[O-].[O-]B([O-])[O-].[O-]B([O-])[O-]. The van der Waals surface area contributed by atoms with Gasteiger partial charge in [-0.3, -0.25) is 22.0 Å². The monoisotopic (exact) mass is 518 g/mol. The Labute approximate surface area is 155 Å². The molecule has 0 rings (SSSR count). The van der Waals surface area contributed by atoms with E-state index < -0.39 is 22.0 Å². The number of rotatable bonds is 0. The standard InChI is InChI=1S/Al.3BO3.La.Lu/c;3*2-1(3)4;;/q+3;3*-3;2*+3. The van der Waals surface area contributed by atoms with E-state index in [1.165, 1.54) is 0 Å². The van der Waals surface area contributed by atoms with Crippen LogP contribution in [0.3, 0.4) is 0 Å². The van der Waals surface area contributed by atoms with E-state index in [9.17, 15) is 0 Å². The molecule has 0 saturated heterocycles. The van der Waals surface area contributed by atoms with Crippen LogP contribution in [-0.2, 0) is 0 Å². The Kier molecular flexibility index (Phi) is 72.4. The zero-order valence-electron chi connectivity index (χ0n) is 6.82. The van der Waals surface area contributed by atoms with Gasteiger partial charge in [0, 0.05) is 0 Å². The quantitative estimate of drug-likeness (QED) is 0.279. The molecule has 9 nitrogen and oxygen atoms in total. The summed E-state index contributed by atoms with van der Waals surface area (Å²) in [6, 6.07) is 0. The molecule has 15 heteroatoms. The van der Waals surface area contributed by atoms with Gasteiger partial charge in [0.1, 0.15) is 0 Å². The normalized spacial score (nSPS) is 5.40. The van der Waals surface area contributed by atoms with Gasteiger partial charge >= 0.3 is 89.8 Å². The van der Waals surface area contributed by atoms with Crippen LogP contribution >= 0.6 is 0 Å². The molecule has 0 fully saturated rings. The first-order valence-corrected chi connectivity index (χ1v) is 2.12. The summed E-state index contributed by atoms with van der Waals surface area (Å²) in [5, 5.41) is 75.8. The van der Waals surface area contributed by atoms with Crippen LogP contribution < -0.4 is 45.2 Å². The Morgan fingerprint density at radius 2 is 0.467 bits per heavy atom. The topological polar surface area (TPSA) is 208 Å². The van der Waals surface area contributed by atoms with Crippen LogP contribution in [0.25, 0.3) is 0 Å². The van der Waals surface area contributed by atoms with Gasteiger partial charge in [0.2, 0.25) is 0 Å². The third-order valence-electron chi connectivity index (χ3n) is 0. The maximum atomic E-state index is 8.42. The van der Waals surface area contributed by atoms with Crippen molar-refractivity contribution < 1.29 is 118 Å². The number of hydrogen-bond acceptors (Lipinski definition) is 9. The summed E-state index contributed by atoms with van der Waals surface area (Å²) in [5.74, 6) is 0. The summed E-state index contributed by atoms with van der Waals surface area (Å²) < 4.78 is 0. The van der Waals surface area contributed by atoms with Gasteiger partial charge in [0.25, 0.3) is 0 Å². The van der Waals surface area contributed by atoms with Crippen molar-refractivity contribution in [3.8, 4) is 0 Å². The fraction of sp³-hybridized carbons (Fsp3) is 0. The van der Waals surface area contributed by atoms with Crippen molar-refractivity contribution in [2.75, 3.05) is 0 Å². The Balaban J connectivity index is -0.0000000184. The molecule has 0 aromatic rings. The zero-order valence-corrected chi connectivity index (χ0v) is 13.3. The Bertz CT molecular complexity index is 53.8. The van der Waals surface area contributed by atoms with E-state index in [1.54, 1.807) is 0 Å². The van der Waals surface area contributed by atoms with Crippen LogP contribution in [0.4, 0.5) is 0 Å². The predicted molar refractivity (Wildman–Crippen MR) is 23.0 cm³/mol. The maximum Gasteiger partial charge on any atom is 3.00 e. The summed E-state index contributed by atoms with van der Waals surface area (Å²) in [5.41, 5.74) is 0. The fourth-order valence-corrected chi connectivity index (χ4v) is 0. The predicted octanol–water partition coefficient (Wildman–Crippen LogP) is -12.2. The third-order valence-corrected chi connectivity index (χ3v) is 0. The molecule has 0 aliphatic heterocycles. The molecule has 0 unspecified atom stereocenters. The summed E-state index contributed by atoms with van der Waals surface area (Å²) in [4.78, 5) is 0. The molecule has 0 N–H and O–H groups in total. The van der Waals surface area contributed by atoms with Crippen molar-refractivity contribution in [2.24, 2.45) is 0 Å². The summed E-state index contributed by atoms with van der Waals surface area (Å²) >= 11 is 0. The van der Waals surface area contributed by atoms with E-state index in [0.29, 0.717) is 0 Å². The van der Waals surface area contributed by atoms with Gasteiger partial charge in [0.05, 0.1) is 0 Å².